The number of aryl methyl sites for hydroxylation is 1. The van der Waals surface area contributed by atoms with E-state index in [-0.39, 0.29) is 11.7 Å². The van der Waals surface area contributed by atoms with Gasteiger partial charge in [0.2, 0.25) is 0 Å². The molecule has 0 spiro atoms. The third kappa shape index (κ3) is 3.83. The van der Waals surface area contributed by atoms with E-state index in [0.29, 0.717) is 28.3 Å². The van der Waals surface area contributed by atoms with Crippen molar-refractivity contribution in [3.05, 3.63) is 101 Å². The number of thiophene rings is 1. The SMILES string of the molecule is Cc1cc(-c2nc3cccnn3c2-c2ccnc(NC(=O)c3ccc4sccc4c3)c2)ccc1F. The third-order valence-electron chi connectivity index (χ3n) is 5.81. The highest BCUT2D eigenvalue weighted by Gasteiger charge is 2.18. The molecule has 0 bridgehead atoms. The van der Waals surface area contributed by atoms with E-state index in [1.54, 1.807) is 59.4 Å². The van der Waals surface area contributed by atoms with Crippen LogP contribution in [0.1, 0.15) is 15.9 Å². The van der Waals surface area contributed by atoms with Crippen LogP contribution in [-0.4, -0.2) is 25.5 Å². The first-order chi connectivity index (χ1) is 17.1. The van der Waals surface area contributed by atoms with Crippen LogP contribution in [0.2, 0.25) is 0 Å². The molecule has 0 saturated carbocycles. The first-order valence-corrected chi connectivity index (χ1v) is 11.8. The van der Waals surface area contributed by atoms with Gasteiger partial charge in [-0.25, -0.2) is 18.9 Å². The Bertz CT molecular complexity index is 1740. The topological polar surface area (TPSA) is 72.2 Å². The maximum atomic E-state index is 13.9. The Morgan fingerprint density at radius 3 is 2.80 bits per heavy atom. The first kappa shape index (κ1) is 21.1. The molecule has 4 heterocycles. The third-order valence-corrected chi connectivity index (χ3v) is 6.71. The Morgan fingerprint density at radius 1 is 1.00 bits per heavy atom. The molecule has 8 heteroatoms. The van der Waals surface area contributed by atoms with E-state index in [1.165, 1.54) is 6.07 Å². The number of anilines is 1. The number of pyridine rings is 1. The largest absolute Gasteiger partial charge is 0.307 e. The standard InChI is InChI=1S/C27H18FN5OS/c1-16-13-18(4-6-21(16)28)25-26(33-24(32-25)3-2-10-30-33)19-8-11-29-23(15-19)31-27(34)20-5-7-22-17(14-20)9-12-35-22/h2-15H,1H3,(H,29,31,34). The number of amides is 1. The predicted octanol–water partition coefficient (Wildman–Crippen LogP) is 6.37. The molecule has 1 N–H and O–H groups in total. The number of imidazole rings is 1. The van der Waals surface area contributed by atoms with Crippen LogP contribution in [-0.2, 0) is 0 Å². The molecule has 6 nitrogen and oxygen atoms in total. The molecule has 2 aromatic carbocycles. The molecule has 6 aromatic rings. The van der Waals surface area contributed by atoms with Gasteiger partial charge in [0.15, 0.2) is 5.65 Å². The van der Waals surface area contributed by atoms with Gasteiger partial charge in [-0.05, 0) is 90.0 Å². The minimum Gasteiger partial charge on any atom is -0.307 e. The van der Waals surface area contributed by atoms with E-state index in [2.05, 4.69) is 15.4 Å². The summed E-state index contributed by atoms with van der Waals surface area (Å²) < 4.78 is 16.8. The van der Waals surface area contributed by atoms with Crippen molar-refractivity contribution in [2.75, 3.05) is 5.32 Å². The molecule has 6 rings (SSSR count). The minimum atomic E-state index is -0.272. The molecular formula is C27H18FN5OS. The molecule has 0 unspecified atom stereocenters. The Labute approximate surface area is 203 Å². The van der Waals surface area contributed by atoms with Crippen LogP contribution in [0, 0.1) is 12.7 Å². The zero-order valence-electron chi connectivity index (χ0n) is 18.6. The summed E-state index contributed by atoms with van der Waals surface area (Å²) in [5, 5.41) is 10.4. The van der Waals surface area contributed by atoms with Crippen molar-refractivity contribution in [1.82, 2.24) is 19.6 Å². The maximum absolute atomic E-state index is 13.9. The van der Waals surface area contributed by atoms with Crippen LogP contribution in [0.4, 0.5) is 10.2 Å². The molecule has 0 fully saturated rings. The van der Waals surface area contributed by atoms with E-state index in [4.69, 9.17) is 4.98 Å². The summed E-state index contributed by atoms with van der Waals surface area (Å²) >= 11 is 1.64. The highest BCUT2D eigenvalue weighted by molar-refractivity contribution is 7.17. The molecule has 1 amide bonds. The van der Waals surface area contributed by atoms with Gasteiger partial charge in [0.1, 0.15) is 17.3 Å². The van der Waals surface area contributed by atoms with Gasteiger partial charge in [0.05, 0.1) is 5.69 Å². The molecule has 0 saturated heterocycles. The number of carbonyl (C=O) groups is 1. The average Bonchev–Trinajstić information content (AvgIpc) is 3.50. The molecule has 0 radical (unpaired) electrons. The van der Waals surface area contributed by atoms with Gasteiger partial charge >= 0.3 is 0 Å². The Hall–Kier alpha value is -4.43. The lowest BCUT2D eigenvalue weighted by Crippen LogP contribution is -2.12. The maximum Gasteiger partial charge on any atom is 0.256 e. The summed E-state index contributed by atoms with van der Waals surface area (Å²) in [7, 11) is 0. The lowest BCUT2D eigenvalue weighted by molar-refractivity contribution is 0.102. The summed E-state index contributed by atoms with van der Waals surface area (Å²) in [6, 6.07) is 19.8. The average molecular weight is 480 g/mol. The van der Waals surface area contributed by atoms with Gasteiger partial charge in [-0.3, -0.25) is 4.79 Å². The van der Waals surface area contributed by atoms with Gasteiger partial charge in [-0.15, -0.1) is 11.3 Å². The van der Waals surface area contributed by atoms with E-state index >= 15 is 0 Å². The number of halogens is 1. The van der Waals surface area contributed by atoms with Crippen molar-refractivity contribution in [3.63, 3.8) is 0 Å². The van der Waals surface area contributed by atoms with Gasteiger partial charge in [-0.1, -0.05) is 0 Å². The first-order valence-electron chi connectivity index (χ1n) is 10.9. The normalized spacial score (nSPS) is 11.3. The van der Waals surface area contributed by atoms with Crippen molar-refractivity contribution in [3.8, 4) is 22.5 Å². The van der Waals surface area contributed by atoms with Crippen molar-refractivity contribution < 1.29 is 9.18 Å². The number of aromatic nitrogens is 4. The van der Waals surface area contributed by atoms with Crippen molar-refractivity contribution in [1.29, 1.82) is 0 Å². The predicted molar refractivity (Wildman–Crippen MR) is 136 cm³/mol. The van der Waals surface area contributed by atoms with Crippen LogP contribution in [0.3, 0.4) is 0 Å². The van der Waals surface area contributed by atoms with E-state index in [1.807, 2.05) is 41.8 Å². The van der Waals surface area contributed by atoms with Crippen LogP contribution in [0.25, 0.3) is 38.2 Å². The van der Waals surface area contributed by atoms with Gasteiger partial charge in [0.25, 0.3) is 5.91 Å². The fourth-order valence-electron chi connectivity index (χ4n) is 4.08. The Morgan fingerprint density at radius 2 is 1.91 bits per heavy atom. The van der Waals surface area contributed by atoms with Gasteiger partial charge in [-0.2, -0.15) is 5.10 Å². The number of hydrogen-bond donors (Lipinski definition) is 1. The number of nitrogens with one attached hydrogen (secondary N) is 1. The number of rotatable bonds is 4. The van der Waals surface area contributed by atoms with Crippen LogP contribution >= 0.6 is 11.3 Å². The summed E-state index contributed by atoms with van der Waals surface area (Å²) in [4.78, 5) is 22.0. The Balaban J connectivity index is 1.41. The van der Waals surface area contributed by atoms with Gasteiger partial charge < -0.3 is 5.32 Å². The fraction of sp³-hybridized carbons (Fsp3) is 0.0370. The summed E-state index contributed by atoms with van der Waals surface area (Å²) in [5.41, 5.74) is 4.68. The Kier molecular flexibility index (Phi) is 5.08. The highest BCUT2D eigenvalue weighted by Crippen LogP contribution is 2.33. The number of nitrogens with zero attached hydrogens (tertiary/aromatic N) is 4. The van der Waals surface area contributed by atoms with E-state index in [9.17, 15) is 9.18 Å². The molecule has 35 heavy (non-hydrogen) atoms. The number of hydrogen-bond acceptors (Lipinski definition) is 5. The molecule has 0 atom stereocenters. The lowest BCUT2D eigenvalue weighted by atomic mass is 10.0. The molecule has 0 aliphatic carbocycles. The number of fused-ring (bicyclic) bond motifs is 2. The zero-order chi connectivity index (χ0) is 23.9. The molecule has 170 valence electrons. The molecule has 0 aliphatic rings. The second-order valence-corrected chi connectivity index (χ2v) is 9.07. The van der Waals surface area contributed by atoms with Crippen molar-refractivity contribution >= 4 is 38.8 Å². The number of benzene rings is 2. The van der Waals surface area contributed by atoms with Crippen LogP contribution in [0.15, 0.2) is 84.5 Å². The smallest absolute Gasteiger partial charge is 0.256 e. The van der Waals surface area contributed by atoms with Crippen LogP contribution < -0.4 is 5.32 Å². The van der Waals surface area contributed by atoms with E-state index in [0.717, 1.165) is 26.9 Å². The summed E-state index contributed by atoms with van der Waals surface area (Å²) in [5.74, 6) is -0.106. The van der Waals surface area contributed by atoms with E-state index < -0.39 is 0 Å². The summed E-state index contributed by atoms with van der Waals surface area (Å²) in [6.45, 7) is 1.72. The van der Waals surface area contributed by atoms with Crippen molar-refractivity contribution in [2.24, 2.45) is 0 Å². The molecular weight excluding hydrogens is 461 g/mol. The minimum absolute atomic E-state index is 0.242. The van der Waals surface area contributed by atoms with Crippen molar-refractivity contribution in [2.45, 2.75) is 6.92 Å². The summed E-state index contributed by atoms with van der Waals surface area (Å²) in [6.07, 6.45) is 3.32. The van der Waals surface area contributed by atoms with Crippen LogP contribution in [0.5, 0.6) is 0 Å². The molecule has 0 aliphatic heterocycles. The second kappa shape index (κ2) is 8.41. The monoisotopic (exact) mass is 479 g/mol. The lowest BCUT2D eigenvalue weighted by Gasteiger charge is -2.09. The highest BCUT2D eigenvalue weighted by atomic mass is 32.1. The van der Waals surface area contributed by atoms with Gasteiger partial charge in [0, 0.05) is 33.8 Å². The fourth-order valence-corrected chi connectivity index (χ4v) is 4.85. The zero-order valence-corrected chi connectivity index (χ0v) is 19.4. The quantitative estimate of drug-likeness (QED) is 0.319. The second-order valence-electron chi connectivity index (χ2n) is 8.12. The molecule has 4 aromatic heterocycles. The number of carbonyl (C=O) groups excluding carboxylic acids is 1.